The Hall–Kier alpha value is -4.41. The van der Waals surface area contributed by atoms with Crippen LogP contribution in [-0.4, -0.2) is 133 Å². The number of likely N-dealkylation sites (tertiary alicyclic amines) is 1. The van der Waals surface area contributed by atoms with Crippen molar-refractivity contribution in [3.63, 3.8) is 0 Å². The molecule has 13 nitrogen and oxygen atoms in total. The standard InChI is InChI=1S/C21H28N2O5S.C12H21NO4.C11H12OS2/c1-21(2,3)28-20(26)23-12-11-22(14-16(23)19(25)27-4)18(29-5)13-17(24)15-9-7-6-8-10-15;1-12(2,3)17-11(15)13-8-6-5-7-9(13)10(14)16-4;1-13-11(14-2)8-10(12)9-6-4-3-5-7-9/h6-10,13,16H,11-12,14H2,1-5H3;9H,5-8H2,1-4H3;3-8H,1-2H3/b18-13-;;/t16-;9-;/m00./s1. The number of allylic oxidation sites excluding steroid dienone is 2. The molecule has 16 heteroatoms. The Balaban J connectivity index is 0.000000339. The van der Waals surface area contributed by atoms with Gasteiger partial charge in [-0.15, -0.1) is 35.3 Å². The van der Waals surface area contributed by atoms with E-state index in [0.717, 1.165) is 27.7 Å². The zero-order valence-electron chi connectivity index (χ0n) is 36.7. The van der Waals surface area contributed by atoms with Crippen LogP contribution in [0.25, 0.3) is 0 Å². The van der Waals surface area contributed by atoms with Crippen molar-refractivity contribution < 1.29 is 47.7 Å². The number of piperidine rings is 1. The van der Waals surface area contributed by atoms with Crippen LogP contribution in [-0.2, 0) is 28.5 Å². The zero-order valence-corrected chi connectivity index (χ0v) is 39.1. The van der Waals surface area contributed by atoms with Crippen molar-refractivity contribution in [2.24, 2.45) is 0 Å². The van der Waals surface area contributed by atoms with Crippen LogP contribution in [0.4, 0.5) is 9.59 Å². The van der Waals surface area contributed by atoms with Gasteiger partial charge < -0.3 is 23.8 Å². The Morgan fingerprint density at radius 3 is 1.48 bits per heavy atom. The van der Waals surface area contributed by atoms with E-state index in [9.17, 15) is 28.8 Å². The van der Waals surface area contributed by atoms with Gasteiger partial charge in [0, 0.05) is 53.7 Å². The number of carbonyl (C=O) groups is 6. The van der Waals surface area contributed by atoms with Gasteiger partial charge in [0.25, 0.3) is 0 Å². The monoisotopic (exact) mass is 887 g/mol. The molecule has 0 radical (unpaired) electrons. The van der Waals surface area contributed by atoms with Crippen LogP contribution < -0.4 is 0 Å². The fourth-order valence-electron chi connectivity index (χ4n) is 5.78. The molecule has 2 aliphatic rings. The largest absolute Gasteiger partial charge is 0.467 e. The van der Waals surface area contributed by atoms with Crippen molar-refractivity contribution in [1.82, 2.24) is 14.7 Å². The van der Waals surface area contributed by atoms with Crippen LogP contribution in [0, 0.1) is 0 Å². The first-order valence-electron chi connectivity index (χ1n) is 19.4. The highest BCUT2D eigenvalue weighted by molar-refractivity contribution is 8.21. The van der Waals surface area contributed by atoms with E-state index in [0.29, 0.717) is 25.1 Å². The molecule has 2 fully saturated rings. The first kappa shape index (κ1) is 51.7. The number of ether oxygens (including phenoxy) is 4. The fraction of sp³-hybridized carbons (Fsp3) is 0.500. The van der Waals surface area contributed by atoms with E-state index >= 15 is 0 Å². The summed E-state index contributed by atoms with van der Waals surface area (Å²) in [6.45, 7) is 12.3. The predicted octanol–water partition coefficient (Wildman–Crippen LogP) is 8.55. The van der Waals surface area contributed by atoms with Crippen LogP contribution in [0.5, 0.6) is 0 Å². The number of nitrogens with zero attached hydrogens (tertiary/aromatic N) is 3. The van der Waals surface area contributed by atoms with Gasteiger partial charge in [-0.2, -0.15) is 0 Å². The molecule has 2 aliphatic heterocycles. The van der Waals surface area contributed by atoms with E-state index < -0.39 is 41.4 Å². The number of methoxy groups -OCH3 is 2. The van der Waals surface area contributed by atoms with Gasteiger partial charge in [-0.3, -0.25) is 19.4 Å². The molecule has 0 aromatic heterocycles. The molecule has 0 spiro atoms. The number of carbonyl (C=O) groups excluding carboxylic acids is 6. The highest BCUT2D eigenvalue weighted by Crippen LogP contribution is 2.26. The van der Waals surface area contributed by atoms with Crippen molar-refractivity contribution in [3.8, 4) is 0 Å². The summed E-state index contributed by atoms with van der Waals surface area (Å²) in [6.07, 6.45) is 10.5. The lowest BCUT2D eigenvalue weighted by Crippen LogP contribution is -2.58. The summed E-state index contributed by atoms with van der Waals surface area (Å²) in [7, 11) is 2.63. The second-order valence-electron chi connectivity index (χ2n) is 15.4. The van der Waals surface area contributed by atoms with Gasteiger partial charge in [-0.1, -0.05) is 60.7 Å². The highest BCUT2D eigenvalue weighted by Gasteiger charge is 2.39. The number of ketones is 2. The molecule has 2 atom stereocenters. The molecule has 0 bridgehead atoms. The van der Waals surface area contributed by atoms with E-state index in [-0.39, 0.29) is 30.6 Å². The molecule has 2 saturated heterocycles. The average Bonchev–Trinajstić information content (AvgIpc) is 3.23. The third-order valence-electron chi connectivity index (χ3n) is 8.63. The molecular formula is C44H61N3O10S3. The molecular weight excluding hydrogens is 827 g/mol. The minimum Gasteiger partial charge on any atom is -0.467 e. The lowest BCUT2D eigenvalue weighted by Gasteiger charge is -2.41. The Morgan fingerprint density at radius 2 is 1.05 bits per heavy atom. The molecule has 2 heterocycles. The summed E-state index contributed by atoms with van der Waals surface area (Å²) < 4.78 is 21.4. The molecule has 330 valence electrons. The second kappa shape index (κ2) is 25.4. The number of amides is 2. The van der Waals surface area contributed by atoms with Gasteiger partial charge in [0.1, 0.15) is 17.2 Å². The Labute approximate surface area is 368 Å². The molecule has 2 amide bonds. The Bertz CT molecular complexity index is 1790. The third kappa shape index (κ3) is 17.7. The number of hydrogen-bond donors (Lipinski definition) is 0. The topological polar surface area (TPSA) is 149 Å². The maximum Gasteiger partial charge on any atom is 0.411 e. The second-order valence-corrected chi connectivity index (χ2v) is 18.2. The quantitative estimate of drug-likeness (QED) is 0.0971. The molecule has 60 heavy (non-hydrogen) atoms. The molecule has 0 N–H and O–H groups in total. The molecule has 0 unspecified atom stereocenters. The number of hydrogen-bond acceptors (Lipinski definition) is 14. The van der Waals surface area contributed by atoms with Crippen LogP contribution in [0.2, 0.25) is 0 Å². The van der Waals surface area contributed by atoms with Crippen LogP contribution >= 0.6 is 35.3 Å². The van der Waals surface area contributed by atoms with E-state index in [2.05, 4.69) is 0 Å². The number of esters is 2. The van der Waals surface area contributed by atoms with Crippen molar-refractivity contribution >= 4 is 71.0 Å². The molecule has 2 aromatic rings. The van der Waals surface area contributed by atoms with Gasteiger partial charge in [-0.05, 0) is 79.6 Å². The number of rotatable bonds is 10. The number of thioether (sulfide) groups is 3. The van der Waals surface area contributed by atoms with Gasteiger partial charge in [0.05, 0.1) is 19.2 Å². The summed E-state index contributed by atoms with van der Waals surface area (Å²) in [6, 6.07) is 17.0. The molecule has 4 rings (SSSR count). The van der Waals surface area contributed by atoms with Gasteiger partial charge in [0.15, 0.2) is 17.6 Å². The average molecular weight is 888 g/mol. The van der Waals surface area contributed by atoms with E-state index in [1.54, 1.807) is 68.6 Å². The molecule has 0 aliphatic carbocycles. The van der Waals surface area contributed by atoms with Crippen LogP contribution in [0.15, 0.2) is 82.1 Å². The molecule has 2 aromatic carbocycles. The van der Waals surface area contributed by atoms with Gasteiger partial charge in [0.2, 0.25) is 0 Å². The van der Waals surface area contributed by atoms with Gasteiger partial charge in [-0.25, -0.2) is 19.2 Å². The van der Waals surface area contributed by atoms with Crippen molar-refractivity contribution in [2.45, 2.75) is 84.1 Å². The summed E-state index contributed by atoms with van der Waals surface area (Å²) >= 11 is 4.61. The SMILES string of the molecule is COC(=O)[C@@H]1CCCCN1C(=O)OC(C)(C)C.COC(=O)[C@@H]1CN(/C(=C/C(=O)c2ccccc2)SC)CCN1C(=O)OC(C)(C)C.CSC(=CC(=O)c1ccccc1)SC. The normalized spacial score (nSPS) is 16.7. The maximum absolute atomic E-state index is 12.6. The van der Waals surface area contributed by atoms with Crippen molar-refractivity contribution in [1.29, 1.82) is 0 Å². The Kier molecular flexibility index (Phi) is 21.9. The minimum atomic E-state index is -0.814. The number of piperazine rings is 1. The lowest BCUT2D eigenvalue weighted by molar-refractivity contribution is -0.149. The van der Waals surface area contributed by atoms with Crippen molar-refractivity contribution in [3.05, 3.63) is 93.2 Å². The van der Waals surface area contributed by atoms with E-state index in [1.165, 1.54) is 35.8 Å². The summed E-state index contributed by atoms with van der Waals surface area (Å²) in [5.74, 6) is -0.922. The Morgan fingerprint density at radius 1 is 0.600 bits per heavy atom. The maximum atomic E-state index is 12.6. The highest BCUT2D eigenvalue weighted by atomic mass is 32.2. The predicted molar refractivity (Wildman–Crippen MR) is 241 cm³/mol. The first-order valence-corrected chi connectivity index (χ1v) is 23.1. The first-order chi connectivity index (χ1) is 28.3. The summed E-state index contributed by atoms with van der Waals surface area (Å²) in [5, 5.41) is 0.733. The minimum absolute atomic E-state index is 0.0734. The third-order valence-corrected chi connectivity index (χ3v) is 11.5. The van der Waals surface area contributed by atoms with Crippen LogP contribution in [0.1, 0.15) is 81.5 Å². The van der Waals surface area contributed by atoms with E-state index in [1.807, 2.05) is 93.0 Å². The lowest BCUT2D eigenvalue weighted by atomic mass is 10.0. The van der Waals surface area contributed by atoms with Gasteiger partial charge >= 0.3 is 24.1 Å². The fourth-order valence-corrected chi connectivity index (χ4v) is 7.55. The van der Waals surface area contributed by atoms with Crippen LogP contribution in [0.3, 0.4) is 0 Å². The summed E-state index contributed by atoms with van der Waals surface area (Å²) in [5.41, 5.74) is 0.125. The van der Waals surface area contributed by atoms with Crippen molar-refractivity contribution in [2.75, 3.05) is 59.2 Å². The smallest absolute Gasteiger partial charge is 0.411 e. The molecule has 0 saturated carbocycles. The zero-order chi connectivity index (χ0) is 45.0. The van der Waals surface area contributed by atoms with E-state index in [4.69, 9.17) is 18.9 Å². The number of benzene rings is 2. The summed E-state index contributed by atoms with van der Waals surface area (Å²) in [4.78, 5) is 77.5.